The lowest BCUT2D eigenvalue weighted by molar-refractivity contribution is 0.0733. The summed E-state index contributed by atoms with van der Waals surface area (Å²) >= 11 is 0. The molecule has 1 aromatic carbocycles. The summed E-state index contributed by atoms with van der Waals surface area (Å²) in [6.45, 7) is 6.26. The van der Waals surface area contributed by atoms with Crippen LogP contribution >= 0.6 is 0 Å². The van der Waals surface area contributed by atoms with Gasteiger partial charge in [-0.05, 0) is 23.5 Å². The average molecular weight is 249 g/mol. The van der Waals surface area contributed by atoms with Crippen molar-refractivity contribution in [3.63, 3.8) is 0 Å². The lowest BCUT2D eigenvalue weighted by Crippen LogP contribution is -2.35. The minimum Gasteiger partial charge on any atom is -0.392 e. The van der Waals surface area contributed by atoms with Gasteiger partial charge in [-0.15, -0.1) is 0 Å². The van der Waals surface area contributed by atoms with Crippen molar-refractivity contribution < 1.29 is 9.84 Å². The van der Waals surface area contributed by atoms with Gasteiger partial charge in [0.1, 0.15) is 0 Å². The van der Waals surface area contributed by atoms with Crippen LogP contribution in [0.1, 0.15) is 37.4 Å². The Labute approximate surface area is 109 Å². The Morgan fingerprint density at radius 3 is 2.94 bits per heavy atom. The van der Waals surface area contributed by atoms with E-state index in [1.165, 1.54) is 11.1 Å². The van der Waals surface area contributed by atoms with Crippen LogP contribution in [0, 0.1) is 5.92 Å². The Morgan fingerprint density at radius 1 is 1.39 bits per heavy atom. The van der Waals surface area contributed by atoms with E-state index in [-0.39, 0.29) is 12.1 Å². The summed E-state index contributed by atoms with van der Waals surface area (Å²) in [6, 6.07) is 8.55. The topological polar surface area (TPSA) is 41.5 Å². The fourth-order valence-electron chi connectivity index (χ4n) is 2.46. The highest BCUT2D eigenvalue weighted by Gasteiger charge is 2.20. The van der Waals surface area contributed by atoms with Crippen molar-refractivity contribution in [1.29, 1.82) is 0 Å². The molecular formula is C15H23NO2. The number of nitrogens with one attached hydrogen (secondary N) is 1. The Balaban J connectivity index is 1.91. The second kappa shape index (κ2) is 6.32. The van der Waals surface area contributed by atoms with E-state index in [1.54, 1.807) is 0 Å². The van der Waals surface area contributed by atoms with E-state index in [9.17, 15) is 5.11 Å². The number of hydrogen-bond acceptors (Lipinski definition) is 3. The summed E-state index contributed by atoms with van der Waals surface area (Å²) in [5.41, 5.74) is 2.56. The second-order valence-electron chi connectivity index (χ2n) is 5.46. The summed E-state index contributed by atoms with van der Waals surface area (Å²) in [4.78, 5) is 0. The molecule has 2 N–H and O–H groups in total. The van der Waals surface area contributed by atoms with Crippen molar-refractivity contribution >= 4 is 0 Å². The van der Waals surface area contributed by atoms with E-state index < -0.39 is 0 Å². The van der Waals surface area contributed by atoms with Gasteiger partial charge in [-0.1, -0.05) is 38.1 Å². The standard InChI is InChI=1S/C15H23NO2/c1-11(2)7-13(17)8-16-15-10-18-9-12-5-3-4-6-14(12)15/h3-6,11,13,15-17H,7-10H2,1-2H3. The molecule has 0 amide bonds. The van der Waals surface area contributed by atoms with E-state index in [0.29, 0.717) is 25.7 Å². The summed E-state index contributed by atoms with van der Waals surface area (Å²) in [6.07, 6.45) is 0.557. The Bertz CT molecular complexity index is 379. The van der Waals surface area contributed by atoms with Gasteiger partial charge in [0.25, 0.3) is 0 Å². The zero-order valence-corrected chi connectivity index (χ0v) is 11.2. The fourth-order valence-corrected chi connectivity index (χ4v) is 2.46. The van der Waals surface area contributed by atoms with Crippen LogP contribution in [0.3, 0.4) is 0 Å². The van der Waals surface area contributed by atoms with Gasteiger partial charge in [-0.3, -0.25) is 0 Å². The summed E-state index contributed by atoms with van der Waals surface area (Å²) in [5.74, 6) is 0.525. The molecule has 1 heterocycles. The van der Waals surface area contributed by atoms with Gasteiger partial charge in [0.2, 0.25) is 0 Å². The molecule has 2 rings (SSSR count). The Kier molecular flexibility index (Phi) is 4.75. The third-order valence-electron chi connectivity index (χ3n) is 3.32. The predicted molar refractivity (Wildman–Crippen MR) is 72.3 cm³/mol. The molecule has 0 spiro atoms. The SMILES string of the molecule is CC(C)CC(O)CNC1COCc2ccccc21. The first-order valence-corrected chi connectivity index (χ1v) is 6.74. The van der Waals surface area contributed by atoms with E-state index in [1.807, 2.05) is 6.07 Å². The number of fused-ring (bicyclic) bond motifs is 1. The van der Waals surface area contributed by atoms with E-state index in [0.717, 1.165) is 6.42 Å². The van der Waals surface area contributed by atoms with E-state index >= 15 is 0 Å². The molecule has 3 heteroatoms. The highest BCUT2D eigenvalue weighted by molar-refractivity contribution is 5.31. The van der Waals surface area contributed by atoms with E-state index in [2.05, 4.69) is 37.4 Å². The van der Waals surface area contributed by atoms with Crippen LogP contribution in [-0.2, 0) is 11.3 Å². The van der Waals surface area contributed by atoms with Gasteiger partial charge < -0.3 is 15.2 Å². The van der Waals surface area contributed by atoms with Crippen LogP contribution in [0.2, 0.25) is 0 Å². The number of ether oxygens (including phenoxy) is 1. The first kappa shape index (κ1) is 13.5. The lowest BCUT2D eigenvalue weighted by atomic mass is 9.98. The highest BCUT2D eigenvalue weighted by Crippen LogP contribution is 2.24. The molecule has 100 valence electrons. The fraction of sp³-hybridized carbons (Fsp3) is 0.600. The first-order valence-electron chi connectivity index (χ1n) is 6.74. The third-order valence-corrected chi connectivity index (χ3v) is 3.32. The van der Waals surface area contributed by atoms with Crippen molar-refractivity contribution in [3.8, 4) is 0 Å². The van der Waals surface area contributed by atoms with Crippen LogP contribution < -0.4 is 5.32 Å². The average Bonchev–Trinajstić information content (AvgIpc) is 2.35. The second-order valence-corrected chi connectivity index (χ2v) is 5.46. The van der Waals surface area contributed by atoms with Gasteiger partial charge in [0, 0.05) is 6.54 Å². The zero-order chi connectivity index (χ0) is 13.0. The normalized spacial score (nSPS) is 20.8. The monoisotopic (exact) mass is 249 g/mol. The molecule has 0 fully saturated rings. The van der Waals surface area contributed by atoms with Gasteiger partial charge >= 0.3 is 0 Å². The number of aliphatic hydroxyl groups excluding tert-OH is 1. The maximum Gasteiger partial charge on any atom is 0.0721 e. The molecule has 3 nitrogen and oxygen atoms in total. The molecule has 0 saturated heterocycles. The molecular weight excluding hydrogens is 226 g/mol. The predicted octanol–water partition coefficient (Wildman–Crippen LogP) is 2.25. The van der Waals surface area contributed by atoms with Crippen LogP contribution in [-0.4, -0.2) is 24.4 Å². The Morgan fingerprint density at radius 2 is 2.17 bits per heavy atom. The molecule has 1 aromatic rings. The molecule has 0 radical (unpaired) electrons. The van der Waals surface area contributed by atoms with Gasteiger partial charge in [0.15, 0.2) is 0 Å². The number of rotatable bonds is 5. The largest absolute Gasteiger partial charge is 0.392 e. The highest BCUT2D eigenvalue weighted by atomic mass is 16.5. The van der Waals surface area contributed by atoms with Crippen molar-refractivity contribution in [2.75, 3.05) is 13.2 Å². The van der Waals surface area contributed by atoms with Crippen molar-refractivity contribution in [1.82, 2.24) is 5.32 Å². The summed E-state index contributed by atoms with van der Waals surface area (Å²) < 4.78 is 5.58. The number of hydrogen-bond donors (Lipinski definition) is 2. The molecule has 0 saturated carbocycles. The molecule has 0 aliphatic carbocycles. The van der Waals surface area contributed by atoms with Crippen LogP contribution in [0.15, 0.2) is 24.3 Å². The quantitative estimate of drug-likeness (QED) is 0.841. The summed E-state index contributed by atoms with van der Waals surface area (Å²) in [7, 11) is 0. The number of aliphatic hydroxyl groups is 1. The summed E-state index contributed by atoms with van der Waals surface area (Å²) in [5, 5.41) is 13.3. The lowest BCUT2D eigenvalue weighted by Gasteiger charge is -2.27. The molecule has 0 bridgehead atoms. The zero-order valence-electron chi connectivity index (χ0n) is 11.2. The molecule has 0 aromatic heterocycles. The third kappa shape index (κ3) is 3.55. The minimum absolute atomic E-state index is 0.205. The molecule has 2 atom stereocenters. The minimum atomic E-state index is -0.279. The first-order chi connectivity index (χ1) is 8.66. The molecule has 1 aliphatic rings. The van der Waals surface area contributed by atoms with Gasteiger partial charge in [-0.2, -0.15) is 0 Å². The smallest absolute Gasteiger partial charge is 0.0721 e. The van der Waals surface area contributed by atoms with Crippen molar-refractivity contribution in [3.05, 3.63) is 35.4 Å². The van der Waals surface area contributed by atoms with Gasteiger partial charge in [-0.25, -0.2) is 0 Å². The van der Waals surface area contributed by atoms with Crippen LogP contribution in [0.5, 0.6) is 0 Å². The Hall–Kier alpha value is -0.900. The molecule has 2 unspecified atom stereocenters. The number of benzene rings is 1. The molecule has 1 aliphatic heterocycles. The van der Waals surface area contributed by atoms with Gasteiger partial charge in [0.05, 0.1) is 25.4 Å². The maximum absolute atomic E-state index is 9.89. The maximum atomic E-state index is 9.89. The van der Waals surface area contributed by atoms with Crippen molar-refractivity contribution in [2.24, 2.45) is 5.92 Å². The van der Waals surface area contributed by atoms with Crippen LogP contribution in [0.4, 0.5) is 0 Å². The molecule has 18 heavy (non-hydrogen) atoms. The van der Waals surface area contributed by atoms with E-state index in [4.69, 9.17) is 4.74 Å². The van der Waals surface area contributed by atoms with Crippen molar-refractivity contribution in [2.45, 2.75) is 39.0 Å². The van der Waals surface area contributed by atoms with Crippen LogP contribution in [0.25, 0.3) is 0 Å².